The van der Waals surface area contributed by atoms with Crippen LogP contribution in [-0.4, -0.2) is 27.1 Å². The van der Waals surface area contributed by atoms with E-state index in [2.05, 4.69) is 4.98 Å². The van der Waals surface area contributed by atoms with Crippen molar-refractivity contribution < 1.29 is 0 Å². The Balaban J connectivity index is 1.95. The van der Waals surface area contributed by atoms with Crippen LogP contribution >= 0.6 is 11.8 Å². The van der Waals surface area contributed by atoms with Crippen molar-refractivity contribution in [1.29, 1.82) is 0 Å². The fraction of sp³-hybridized carbons (Fsp3) is 0.462. The maximum Gasteiger partial charge on any atom is 0.326 e. The van der Waals surface area contributed by atoms with Crippen LogP contribution in [0.4, 0.5) is 0 Å². The van der Waals surface area contributed by atoms with Gasteiger partial charge in [-0.1, -0.05) is 12.1 Å². The van der Waals surface area contributed by atoms with Gasteiger partial charge in [-0.05, 0) is 31.2 Å². The Bertz CT molecular complexity index is 559. The molecule has 0 fully saturated rings. The molecule has 0 aliphatic rings. The molecule has 0 aliphatic heterocycles. The monoisotopic (exact) mass is 265 g/mol. The van der Waals surface area contributed by atoms with Crippen LogP contribution < -0.4 is 11.4 Å². The molecule has 2 aromatic rings. The summed E-state index contributed by atoms with van der Waals surface area (Å²) in [6.07, 6.45) is 0.985. The molecule has 1 unspecified atom stereocenters. The summed E-state index contributed by atoms with van der Waals surface area (Å²) in [6.45, 7) is 2.77. The van der Waals surface area contributed by atoms with Crippen molar-refractivity contribution in [2.45, 2.75) is 25.9 Å². The third kappa shape index (κ3) is 3.17. The summed E-state index contributed by atoms with van der Waals surface area (Å²) in [5.41, 5.74) is 7.56. The molecule has 0 amide bonds. The van der Waals surface area contributed by atoms with Crippen molar-refractivity contribution in [3.63, 3.8) is 0 Å². The van der Waals surface area contributed by atoms with E-state index in [0.717, 1.165) is 35.5 Å². The quantitative estimate of drug-likeness (QED) is 0.783. The third-order valence-electron chi connectivity index (χ3n) is 2.73. The second kappa shape index (κ2) is 6.11. The van der Waals surface area contributed by atoms with Gasteiger partial charge in [0.05, 0.1) is 11.0 Å². The lowest BCUT2D eigenvalue weighted by molar-refractivity contribution is 0.679. The number of imidazole rings is 1. The highest BCUT2D eigenvalue weighted by Gasteiger charge is 2.05. The average molecular weight is 265 g/mol. The highest BCUT2D eigenvalue weighted by molar-refractivity contribution is 7.99. The number of H-pyrrole nitrogens is 1. The SMILES string of the molecule is CC(N)CSCCCn1c(=O)[nH]c2ccccc21. The molecule has 2 rings (SSSR count). The van der Waals surface area contributed by atoms with Gasteiger partial charge >= 0.3 is 5.69 Å². The minimum atomic E-state index is -0.0200. The molecule has 0 spiro atoms. The van der Waals surface area contributed by atoms with Gasteiger partial charge in [-0.2, -0.15) is 11.8 Å². The lowest BCUT2D eigenvalue weighted by Gasteiger charge is -2.05. The summed E-state index contributed by atoms with van der Waals surface area (Å²) in [5, 5.41) is 0. The Morgan fingerprint density at radius 1 is 1.44 bits per heavy atom. The van der Waals surface area contributed by atoms with E-state index in [1.165, 1.54) is 0 Å². The van der Waals surface area contributed by atoms with E-state index >= 15 is 0 Å². The first-order valence-electron chi connectivity index (χ1n) is 6.19. The largest absolute Gasteiger partial charge is 0.327 e. The molecule has 5 heteroatoms. The van der Waals surface area contributed by atoms with Crippen molar-refractivity contribution >= 4 is 22.8 Å². The zero-order valence-corrected chi connectivity index (χ0v) is 11.4. The number of thioether (sulfide) groups is 1. The standard InChI is InChI=1S/C13H19N3OS/c1-10(14)9-18-8-4-7-16-12-6-3-2-5-11(12)15-13(16)17/h2-3,5-6,10H,4,7-9,14H2,1H3,(H,15,17). The Kier molecular flexibility index (Phi) is 4.49. The van der Waals surface area contributed by atoms with Gasteiger partial charge in [0.2, 0.25) is 0 Å². The molecule has 0 bridgehead atoms. The number of benzene rings is 1. The van der Waals surface area contributed by atoms with Gasteiger partial charge in [-0.15, -0.1) is 0 Å². The molecule has 18 heavy (non-hydrogen) atoms. The van der Waals surface area contributed by atoms with E-state index in [1.54, 1.807) is 0 Å². The van der Waals surface area contributed by atoms with Gasteiger partial charge in [0.25, 0.3) is 0 Å². The molecule has 1 aromatic carbocycles. The van der Waals surface area contributed by atoms with Crippen LogP contribution in [0.5, 0.6) is 0 Å². The molecule has 98 valence electrons. The summed E-state index contributed by atoms with van der Waals surface area (Å²) < 4.78 is 1.81. The molecular formula is C13H19N3OS. The fourth-order valence-corrected chi connectivity index (χ4v) is 2.79. The zero-order chi connectivity index (χ0) is 13.0. The van der Waals surface area contributed by atoms with Crippen molar-refractivity contribution in [2.24, 2.45) is 5.73 Å². The van der Waals surface area contributed by atoms with Crippen molar-refractivity contribution in [3.8, 4) is 0 Å². The van der Waals surface area contributed by atoms with Crippen molar-refractivity contribution in [1.82, 2.24) is 9.55 Å². The minimum Gasteiger partial charge on any atom is -0.327 e. The Morgan fingerprint density at radius 2 is 2.22 bits per heavy atom. The van der Waals surface area contributed by atoms with Crippen LogP contribution in [-0.2, 0) is 6.54 Å². The number of hydrogen-bond donors (Lipinski definition) is 2. The first kappa shape index (κ1) is 13.2. The normalized spacial score (nSPS) is 13.0. The van der Waals surface area contributed by atoms with E-state index in [1.807, 2.05) is 47.5 Å². The van der Waals surface area contributed by atoms with Gasteiger partial charge in [-0.3, -0.25) is 4.57 Å². The number of nitrogens with zero attached hydrogens (tertiary/aromatic N) is 1. The van der Waals surface area contributed by atoms with Crippen LogP contribution in [0.1, 0.15) is 13.3 Å². The molecular weight excluding hydrogens is 246 g/mol. The summed E-state index contributed by atoms with van der Waals surface area (Å²) in [7, 11) is 0. The van der Waals surface area contributed by atoms with Gasteiger partial charge in [0, 0.05) is 18.3 Å². The molecule has 1 heterocycles. The molecule has 4 nitrogen and oxygen atoms in total. The fourth-order valence-electron chi connectivity index (χ4n) is 1.92. The van der Waals surface area contributed by atoms with Gasteiger partial charge in [0.15, 0.2) is 0 Å². The van der Waals surface area contributed by atoms with Gasteiger partial charge < -0.3 is 10.7 Å². The van der Waals surface area contributed by atoms with Crippen molar-refractivity contribution in [2.75, 3.05) is 11.5 Å². The molecule has 1 aromatic heterocycles. The minimum absolute atomic E-state index is 0.0200. The highest BCUT2D eigenvalue weighted by atomic mass is 32.2. The number of para-hydroxylation sites is 2. The lowest BCUT2D eigenvalue weighted by Crippen LogP contribution is -2.19. The number of nitrogens with two attached hydrogens (primary N) is 1. The molecule has 0 saturated heterocycles. The van der Waals surface area contributed by atoms with Crippen LogP contribution in [0.3, 0.4) is 0 Å². The number of nitrogens with one attached hydrogen (secondary N) is 1. The summed E-state index contributed by atoms with van der Waals surface area (Å²) in [5.74, 6) is 2.01. The number of aryl methyl sites for hydroxylation is 1. The van der Waals surface area contributed by atoms with E-state index in [0.29, 0.717) is 0 Å². The Hall–Kier alpha value is -1.20. The van der Waals surface area contributed by atoms with Crippen LogP contribution in [0.25, 0.3) is 11.0 Å². The molecule has 0 saturated carbocycles. The number of hydrogen-bond acceptors (Lipinski definition) is 3. The van der Waals surface area contributed by atoms with Crippen LogP contribution in [0, 0.1) is 0 Å². The Labute approximate surface area is 111 Å². The Morgan fingerprint density at radius 3 is 3.00 bits per heavy atom. The van der Waals surface area contributed by atoms with E-state index in [9.17, 15) is 4.79 Å². The second-order valence-electron chi connectivity index (χ2n) is 4.50. The number of rotatable bonds is 6. The third-order valence-corrected chi connectivity index (χ3v) is 4.07. The maximum atomic E-state index is 11.8. The molecule has 0 aliphatic carbocycles. The molecule has 3 N–H and O–H groups in total. The smallest absolute Gasteiger partial charge is 0.326 e. The predicted octanol–water partition coefficient (Wildman–Crippen LogP) is 1.80. The first-order chi connectivity index (χ1) is 8.68. The summed E-state index contributed by atoms with van der Waals surface area (Å²) >= 11 is 1.84. The van der Waals surface area contributed by atoms with Crippen LogP contribution in [0.2, 0.25) is 0 Å². The predicted molar refractivity (Wildman–Crippen MR) is 78.2 cm³/mol. The summed E-state index contributed by atoms with van der Waals surface area (Å²) in [4.78, 5) is 14.7. The lowest BCUT2D eigenvalue weighted by atomic mass is 10.3. The maximum absolute atomic E-state index is 11.8. The second-order valence-corrected chi connectivity index (χ2v) is 5.65. The highest BCUT2D eigenvalue weighted by Crippen LogP contribution is 2.10. The van der Waals surface area contributed by atoms with E-state index in [-0.39, 0.29) is 11.7 Å². The number of fused-ring (bicyclic) bond motifs is 1. The van der Waals surface area contributed by atoms with Gasteiger partial charge in [-0.25, -0.2) is 4.79 Å². The first-order valence-corrected chi connectivity index (χ1v) is 7.35. The van der Waals surface area contributed by atoms with Gasteiger partial charge in [0.1, 0.15) is 0 Å². The zero-order valence-electron chi connectivity index (χ0n) is 10.6. The van der Waals surface area contributed by atoms with Crippen molar-refractivity contribution in [3.05, 3.63) is 34.7 Å². The average Bonchev–Trinajstić information content (AvgIpc) is 2.65. The summed E-state index contributed by atoms with van der Waals surface area (Å²) in [6, 6.07) is 8.03. The van der Waals surface area contributed by atoms with E-state index in [4.69, 9.17) is 5.73 Å². The molecule has 1 atom stereocenters. The topological polar surface area (TPSA) is 63.8 Å². The molecule has 0 radical (unpaired) electrons. The van der Waals surface area contributed by atoms with E-state index < -0.39 is 0 Å². The number of aromatic amines is 1. The number of aromatic nitrogens is 2. The van der Waals surface area contributed by atoms with Crippen LogP contribution in [0.15, 0.2) is 29.1 Å².